The smallest absolute Gasteiger partial charge is 0.0622 e. The van der Waals surface area contributed by atoms with Crippen LogP contribution in [0.3, 0.4) is 0 Å². The highest BCUT2D eigenvalue weighted by molar-refractivity contribution is 4.84. The molecule has 2 heterocycles. The predicted molar refractivity (Wildman–Crippen MR) is 62.1 cm³/mol. The van der Waals surface area contributed by atoms with Crippen LogP contribution in [0.25, 0.3) is 0 Å². The Morgan fingerprint density at radius 1 is 1.40 bits per heavy atom. The lowest BCUT2D eigenvalue weighted by Gasteiger charge is -2.22. The largest absolute Gasteiger partial charge is 0.380 e. The van der Waals surface area contributed by atoms with Gasteiger partial charge in [-0.3, -0.25) is 4.90 Å². The Balaban J connectivity index is 1.65. The summed E-state index contributed by atoms with van der Waals surface area (Å²) in [5.74, 6) is 0.872. The molecular formula is C12H24N2O. The zero-order valence-electron chi connectivity index (χ0n) is 9.87. The van der Waals surface area contributed by atoms with E-state index < -0.39 is 0 Å². The summed E-state index contributed by atoms with van der Waals surface area (Å²) in [5, 5.41) is 3.53. The number of nitrogens with zero attached hydrogens (tertiary/aromatic N) is 1. The molecule has 0 radical (unpaired) electrons. The number of ether oxygens (including phenoxy) is 1. The van der Waals surface area contributed by atoms with Crippen molar-refractivity contribution in [3.05, 3.63) is 0 Å². The minimum absolute atomic E-state index is 0.723. The molecule has 0 aromatic rings. The highest BCUT2D eigenvalue weighted by Gasteiger charge is 2.29. The first-order valence-electron chi connectivity index (χ1n) is 6.42. The number of hydrogen-bond donors (Lipinski definition) is 1. The predicted octanol–water partition coefficient (Wildman–Crippen LogP) is 1.10. The molecule has 2 rings (SSSR count). The molecule has 2 unspecified atom stereocenters. The molecule has 0 aliphatic carbocycles. The van der Waals surface area contributed by atoms with Crippen LogP contribution in [0.4, 0.5) is 0 Å². The van der Waals surface area contributed by atoms with Gasteiger partial charge in [0.05, 0.1) is 6.61 Å². The number of nitrogens with one attached hydrogen (secondary N) is 1. The van der Waals surface area contributed by atoms with Crippen molar-refractivity contribution in [1.29, 1.82) is 0 Å². The average molecular weight is 212 g/mol. The van der Waals surface area contributed by atoms with E-state index in [1.54, 1.807) is 0 Å². The van der Waals surface area contributed by atoms with Crippen LogP contribution in [-0.4, -0.2) is 50.3 Å². The molecule has 2 saturated heterocycles. The van der Waals surface area contributed by atoms with E-state index in [1.807, 2.05) is 0 Å². The summed E-state index contributed by atoms with van der Waals surface area (Å²) in [6, 6.07) is 0.723. The Morgan fingerprint density at radius 2 is 2.33 bits per heavy atom. The monoisotopic (exact) mass is 212 g/mol. The van der Waals surface area contributed by atoms with Gasteiger partial charge in [-0.1, -0.05) is 6.92 Å². The van der Waals surface area contributed by atoms with Crippen LogP contribution in [0.5, 0.6) is 0 Å². The molecule has 2 fully saturated rings. The first kappa shape index (κ1) is 11.4. The van der Waals surface area contributed by atoms with Crippen molar-refractivity contribution < 1.29 is 4.74 Å². The molecule has 0 aromatic heterocycles. The van der Waals surface area contributed by atoms with Gasteiger partial charge >= 0.3 is 0 Å². The van der Waals surface area contributed by atoms with Gasteiger partial charge in [-0.05, 0) is 44.8 Å². The van der Waals surface area contributed by atoms with Gasteiger partial charge in [0.15, 0.2) is 0 Å². The Kier molecular flexibility index (Phi) is 4.42. The van der Waals surface area contributed by atoms with E-state index in [1.165, 1.54) is 45.4 Å². The highest BCUT2D eigenvalue weighted by atomic mass is 16.5. The minimum Gasteiger partial charge on any atom is -0.380 e. The molecule has 0 bridgehead atoms. The molecule has 3 nitrogen and oxygen atoms in total. The molecule has 0 amide bonds. The summed E-state index contributed by atoms with van der Waals surface area (Å²) in [4.78, 5) is 2.63. The second-order valence-electron chi connectivity index (χ2n) is 4.87. The maximum absolute atomic E-state index is 5.45. The molecule has 1 N–H and O–H groups in total. The van der Waals surface area contributed by atoms with Crippen molar-refractivity contribution in [2.24, 2.45) is 5.92 Å². The van der Waals surface area contributed by atoms with Crippen molar-refractivity contribution >= 4 is 0 Å². The molecule has 0 saturated carbocycles. The molecule has 0 aromatic carbocycles. The van der Waals surface area contributed by atoms with Crippen LogP contribution in [0, 0.1) is 5.92 Å². The van der Waals surface area contributed by atoms with Gasteiger partial charge in [0, 0.05) is 19.2 Å². The summed E-state index contributed by atoms with van der Waals surface area (Å²) in [5.41, 5.74) is 0. The minimum atomic E-state index is 0.723. The second kappa shape index (κ2) is 5.83. The van der Waals surface area contributed by atoms with Crippen LogP contribution < -0.4 is 5.32 Å². The van der Waals surface area contributed by atoms with Crippen molar-refractivity contribution in [3.63, 3.8) is 0 Å². The maximum Gasteiger partial charge on any atom is 0.0622 e. The SMILES string of the molecule is CCCNCC1CCN(C2CCOC2)C1. The highest BCUT2D eigenvalue weighted by Crippen LogP contribution is 2.22. The summed E-state index contributed by atoms with van der Waals surface area (Å²) < 4.78 is 5.45. The van der Waals surface area contributed by atoms with Crippen molar-refractivity contribution in [3.8, 4) is 0 Å². The normalized spacial score (nSPS) is 32.6. The fraction of sp³-hybridized carbons (Fsp3) is 1.00. The van der Waals surface area contributed by atoms with Crippen molar-refractivity contribution in [1.82, 2.24) is 10.2 Å². The van der Waals surface area contributed by atoms with E-state index in [4.69, 9.17) is 4.74 Å². The summed E-state index contributed by atoms with van der Waals surface area (Å²) in [6.07, 6.45) is 3.86. The van der Waals surface area contributed by atoms with Gasteiger partial charge in [0.2, 0.25) is 0 Å². The molecular weight excluding hydrogens is 188 g/mol. The third kappa shape index (κ3) is 3.16. The first-order valence-corrected chi connectivity index (χ1v) is 6.42. The second-order valence-corrected chi connectivity index (χ2v) is 4.87. The van der Waals surface area contributed by atoms with Crippen LogP contribution in [0.2, 0.25) is 0 Å². The fourth-order valence-corrected chi connectivity index (χ4v) is 2.65. The Bertz CT molecular complexity index is 180. The van der Waals surface area contributed by atoms with Gasteiger partial charge in [-0.25, -0.2) is 0 Å². The van der Waals surface area contributed by atoms with Crippen LogP contribution >= 0.6 is 0 Å². The Labute approximate surface area is 93.2 Å². The first-order chi connectivity index (χ1) is 7.40. The standard InChI is InChI=1S/C12H24N2O/c1-2-5-13-8-11-3-6-14(9-11)12-4-7-15-10-12/h11-13H,2-10H2,1H3. The molecule has 0 spiro atoms. The molecule has 3 heteroatoms. The topological polar surface area (TPSA) is 24.5 Å². The van der Waals surface area contributed by atoms with Crippen molar-refractivity contribution in [2.75, 3.05) is 39.4 Å². The van der Waals surface area contributed by atoms with Gasteiger partial charge in [-0.15, -0.1) is 0 Å². The van der Waals surface area contributed by atoms with E-state index in [2.05, 4.69) is 17.1 Å². The number of rotatable bonds is 5. The van der Waals surface area contributed by atoms with Crippen LogP contribution in [-0.2, 0) is 4.74 Å². The fourth-order valence-electron chi connectivity index (χ4n) is 2.65. The maximum atomic E-state index is 5.45. The average Bonchev–Trinajstić information content (AvgIpc) is 2.87. The van der Waals surface area contributed by atoms with E-state index in [0.29, 0.717) is 0 Å². The molecule has 15 heavy (non-hydrogen) atoms. The van der Waals surface area contributed by atoms with Gasteiger partial charge < -0.3 is 10.1 Å². The molecule has 2 atom stereocenters. The van der Waals surface area contributed by atoms with Gasteiger partial charge in [-0.2, -0.15) is 0 Å². The summed E-state index contributed by atoms with van der Waals surface area (Å²) in [6.45, 7) is 9.11. The quantitative estimate of drug-likeness (QED) is 0.691. The third-order valence-corrected chi connectivity index (χ3v) is 3.60. The van der Waals surface area contributed by atoms with Gasteiger partial charge in [0.1, 0.15) is 0 Å². The Hall–Kier alpha value is -0.120. The lowest BCUT2D eigenvalue weighted by Crippen LogP contribution is -2.34. The Morgan fingerprint density at radius 3 is 3.07 bits per heavy atom. The van der Waals surface area contributed by atoms with E-state index in [-0.39, 0.29) is 0 Å². The third-order valence-electron chi connectivity index (χ3n) is 3.60. The lowest BCUT2D eigenvalue weighted by molar-refractivity contribution is 0.156. The zero-order valence-corrected chi connectivity index (χ0v) is 9.87. The lowest BCUT2D eigenvalue weighted by atomic mass is 10.1. The molecule has 2 aliphatic rings. The van der Waals surface area contributed by atoms with Gasteiger partial charge in [0.25, 0.3) is 0 Å². The number of hydrogen-bond acceptors (Lipinski definition) is 3. The van der Waals surface area contributed by atoms with E-state index >= 15 is 0 Å². The summed E-state index contributed by atoms with van der Waals surface area (Å²) >= 11 is 0. The molecule has 88 valence electrons. The van der Waals surface area contributed by atoms with E-state index in [0.717, 1.165) is 25.2 Å². The van der Waals surface area contributed by atoms with Crippen LogP contribution in [0.15, 0.2) is 0 Å². The zero-order chi connectivity index (χ0) is 10.5. The molecule has 2 aliphatic heterocycles. The van der Waals surface area contributed by atoms with Crippen molar-refractivity contribution in [2.45, 2.75) is 32.2 Å². The van der Waals surface area contributed by atoms with E-state index in [9.17, 15) is 0 Å². The summed E-state index contributed by atoms with van der Waals surface area (Å²) in [7, 11) is 0. The number of likely N-dealkylation sites (tertiary alicyclic amines) is 1. The van der Waals surface area contributed by atoms with Crippen LogP contribution in [0.1, 0.15) is 26.2 Å².